The molecule has 2 heterocycles. The summed E-state index contributed by atoms with van der Waals surface area (Å²) in [5, 5.41) is 7.44. The van der Waals surface area contributed by atoms with E-state index in [-0.39, 0.29) is 24.5 Å². The molecule has 1 aromatic carbocycles. The van der Waals surface area contributed by atoms with E-state index in [1.807, 2.05) is 28.8 Å². The van der Waals surface area contributed by atoms with Crippen molar-refractivity contribution in [2.24, 2.45) is 5.73 Å². The van der Waals surface area contributed by atoms with Crippen LogP contribution in [0, 0.1) is 0 Å². The summed E-state index contributed by atoms with van der Waals surface area (Å²) in [7, 11) is 0. The smallest absolute Gasteiger partial charge is 0.227 e. The number of halogens is 2. The zero-order valence-electron chi connectivity index (χ0n) is 15.7. The van der Waals surface area contributed by atoms with Gasteiger partial charge in [-0.15, -0.1) is 12.4 Å². The number of rotatable bonds is 5. The molecule has 0 amide bonds. The molecule has 0 aliphatic heterocycles. The molecule has 0 saturated heterocycles. The molecular formula is C19H25Cl2N7. The second-order valence-corrected chi connectivity index (χ2v) is 7.37. The minimum Gasteiger partial charge on any atom is -0.350 e. The van der Waals surface area contributed by atoms with E-state index in [1.54, 1.807) is 6.33 Å². The second kappa shape index (κ2) is 8.94. The Kier molecular flexibility index (Phi) is 6.59. The van der Waals surface area contributed by atoms with E-state index in [0.717, 1.165) is 36.2 Å². The van der Waals surface area contributed by atoms with E-state index in [2.05, 4.69) is 22.5 Å². The topological polar surface area (TPSA) is 93.7 Å². The molecular weight excluding hydrogens is 397 g/mol. The standard InChI is InChI=1S/C19H24ClN7.ClH/c1-2-27-11-22-16-17(23-13-7-5-6-12(20)10-13)25-19(26-18(16)27)24-15-9-4-3-8-14(15)21;/h5-7,10-11,14-15H,2-4,8-9,21H2,1H3,(H2,23,24,25,26);1H. The van der Waals surface area contributed by atoms with Gasteiger partial charge < -0.3 is 20.9 Å². The van der Waals surface area contributed by atoms with E-state index in [9.17, 15) is 0 Å². The van der Waals surface area contributed by atoms with Gasteiger partial charge in [-0.25, -0.2) is 4.98 Å². The van der Waals surface area contributed by atoms with E-state index in [0.29, 0.717) is 16.8 Å². The van der Waals surface area contributed by atoms with Crippen LogP contribution in [-0.2, 0) is 6.54 Å². The molecule has 1 saturated carbocycles. The van der Waals surface area contributed by atoms with Gasteiger partial charge in [-0.1, -0.05) is 30.5 Å². The molecule has 0 spiro atoms. The number of hydrogen-bond donors (Lipinski definition) is 3. The molecule has 1 aliphatic carbocycles. The Balaban J connectivity index is 0.00000225. The minimum absolute atomic E-state index is 0. The normalized spacial score (nSPS) is 19.2. The van der Waals surface area contributed by atoms with Crippen LogP contribution in [0.2, 0.25) is 5.02 Å². The van der Waals surface area contributed by atoms with Crippen molar-refractivity contribution in [2.45, 2.75) is 51.2 Å². The van der Waals surface area contributed by atoms with E-state index < -0.39 is 0 Å². The van der Waals surface area contributed by atoms with Gasteiger partial charge >= 0.3 is 0 Å². The summed E-state index contributed by atoms with van der Waals surface area (Å²) in [6.07, 6.45) is 6.21. The van der Waals surface area contributed by atoms with Crippen molar-refractivity contribution in [2.75, 3.05) is 10.6 Å². The van der Waals surface area contributed by atoms with Gasteiger partial charge in [-0.2, -0.15) is 9.97 Å². The summed E-state index contributed by atoms with van der Waals surface area (Å²) in [4.78, 5) is 13.9. The van der Waals surface area contributed by atoms with Gasteiger partial charge in [-0.3, -0.25) is 0 Å². The van der Waals surface area contributed by atoms with Gasteiger partial charge in [0.05, 0.1) is 6.33 Å². The van der Waals surface area contributed by atoms with Crippen LogP contribution in [0.25, 0.3) is 11.2 Å². The first-order valence-corrected chi connectivity index (χ1v) is 9.79. The lowest BCUT2D eigenvalue weighted by molar-refractivity contribution is 0.402. The lowest BCUT2D eigenvalue weighted by atomic mass is 9.91. The summed E-state index contributed by atoms with van der Waals surface area (Å²) in [5.74, 6) is 1.23. The third-order valence-corrected chi connectivity index (χ3v) is 5.26. The first-order valence-electron chi connectivity index (χ1n) is 9.41. The number of imidazole rings is 1. The lowest BCUT2D eigenvalue weighted by Gasteiger charge is -2.29. The Morgan fingerprint density at radius 3 is 2.82 bits per heavy atom. The van der Waals surface area contributed by atoms with Gasteiger partial charge in [0.25, 0.3) is 0 Å². The molecule has 2 aromatic heterocycles. The van der Waals surface area contributed by atoms with E-state index >= 15 is 0 Å². The van der Waals surface area contributed by atoms with E-state index in [4.69, 9.17) is 27.3 Å². The van der Waals surface area contributed by atoms with E-state index in [1.165, 1.54) is 12.8 Å². The minimum atomic E-state index is 0. The molecule has 3 aromatic rings. The summed E-state index contributed by atoms with van der Waals surface area (Å²) < 4.78 is 2.01. The van der Waals surface area contributed by atoms with Crippen molar-refractivity contribution in [3.05, 3.63) is 35.6 Å². The Bertz CT molecular complexity index is 943. The van der Waals surface area contributed by atoms with Crippen molar-refractivity contribution < 1.29 is 0 Å². The Morgan fingerprint density at radius 2 is 2.07 bits per heavy atom. The quantitative estimate of drug-likeness (QED) is 0.566. The first kappa shape index (κ1) is 20.6. The van der Waals surface area contributed by atoms with Gasteiger partial charge in [0.2, 0.25) is 5.95 Å². The number of nitrogens with one attached hydrogen (secondary N) is 2. The Morgan fingerprint density at radius 1 is 1.25 bits per heavy atom. The molecule has 2 atom stereocenters. The monoisotopic (exact) mass is 421 g/mol. The molecule has 28 heavy (non-hydrogen) atoms. The van der Waals surface area contributed by atoms with Crippen LogP contribution in [0.5, 0.6) is 0 Å². The van der Waals surface area contributed by atoms with Crippen LogP contribution in [0.4, 0.5) is 17.5 Å². The average molecular weight is 422 g/mol. The number of aromatic nitrogens is 4. The van der Waals surface area contributed by atoms with Crippen molar-refractivity contribution in [1.82, 2.24) is 19.5 Å². The van der Waals surface area contributed by atoms with Crippen LogP contribution >= 0.6 is 24.0 Å². The fourth-order valence-corrected chi connectivity index (χ4v) is 3.73. The second-order valence-electron chi connectivity index (χ2n) is 6.93. The highest BCUT2D eigenvalue weighted by Crippen LogP contribution is 2.27. The lowest BCUT2D eigenvalue weighted by Crippen LogP contribution is -2.43. The number of aryl methyl sites for hydroxylation is 1. The number of hydrogen-bond acceptors (Lipinski definition) is 6. The highest BCUT2D eigenvalue weighted by molar-refractivity contribution is 6.30. The number of nitrogens with two attached hydrogens (primary N) is 1. The van der Waals surface area contributed by atoms with Gasteiger partial charge in [0.1, 0.15) is 0 Å². The van der Waals surface area contributed by atoms with Crippen LogP contribution < -0.4 is 16.4 Å². The number of fused-ring (bicyclic) bond motifs is 1. The SMILES string of the molecule is CCn1cnc2c(Nc3cccc(Cl)c3)nc(NC3CCCCC3N)nc21.Cl. The average Bonchev–Trinajstić information content (AvgIpc) is 3.07. The molecule has 4 rings (SSSR count). The number of nitrogens with zero attached hydrogens (tertiary/aromatic N) is 4. The first-order chi connectivity index (χ1) is 13.1. The Labute approximate surface area is 175 Å². The molecule has 7 nitrogen and oxygen atoms in total. The Hall–Kier alpha value is -2.09. The van der Waals surface area contributed by atoms with Crippen molar-refractivity contribution >= 4 is 52.6 Å². The van der Waals surface area contributed by atoms with Gasteiger partial charge in [-0.05, 0) is 38.0 Å². The third kappa shape index (κ3) is 4.32. The molecule has 1 fully saturated rings. The van der Waals surface area contributed by atoms with Crippen LogP contribution in [0.3, 0.4) is 0 Å². The van der Waals surface area contributed by atoms with Crippen molar-refractivity contribution in [3.63, 3.8) is 0 Å². The molecule has 4 N–H and O–H groups in total. The van der Waals surface area contributed by atoms with Crippen molar-refractivity contribution in [3.8, 4) is 0 Å². The maximum absolute atomic E-state index is 6.29. The molecule has 9 heteroatoms. The summed E-state index contributed by atoms with van der Waals surface area (Å²) in [6, 6.07) is 7.85. The zero-order valence-corrected chi connectivity index (χ0v) is 17.3. The van der Waals surface area contributed by atoms with Gasteiger partial charge in [0.15, 0.2) is 17.0 Å². The molecule has 150 valence electrons. The van der Waals surface area contributed by atoms with Crippen LogP contribution in [0.1, 0.15) is 32.6 Å². The number of anilines is 3. The summed E-state index contributed by atoms with van der Waals surface area (Å²) in [5.41, 5.74) is 8.67. The maximum atomic E-state index is 6.29. The molecule has 2 unspecified atom stereocenters. The zero-order chi connectivity index (χ0) is 18.8. The largest absolute Gasteiger partial charge is 0.350 e. The summed E-state index contributed by atoms with van der Waals surface area (Å²) in [6.45, 7) is 2.85. The third-order valence-electron chi connectivity index (χ3n) is 5.03. The predicted molar refractivity (Wildman–Crippen MR) is 117 cm³/mol. The molecule has 0 radical (unpaired) electrons. The summed E-state index contributed by atoms with van der Waals surface area (Å²) >= 11 is 6.11. The molecule has 1 aliphatic rings. The number of benzene rings is 1. The maximum Gasteiger partial charge on any atom is 0.227 e. The fraction of sp³-hybridized carbons (Fsp3) is 0.421. The highest BCUT2D eigenvalue weighted by Gasteiger charge is 2.23. The van der Waals surface area contributed by atoms with Crippen LogP contribution in [0.15, 0.2) is 30.6 Å². The highest BCUT2D eigenvalue weighted by atomic mass is 35.5. The molecule has 0 bridgehead atoms. The van der Waals surface area contributed by atoms with Gasteiger partial charge in [0, 0.05) is 29.3 Å². The van der Waals surface area contributed by atoms with Crippen LogP contribution in [-0.4, -0.2) is 31.6 Å². The fourth-order valence-electron chi connectivity index (χ4n) is 3.53. The van der Waals surface area contributed by atoms with Crippen molar-refractivity contribution in [1.29, 1.82) is 0 Å². The predicted octanol–water partition coefficient (Wildman–Crippen LogP) is 4.35.